The molecule has 3 heteroatoms. The van der Waals surface area contributed by atoms with E-state index in [-0.39, 0.29) is 5.60 Å². The van der Waals surface area contributed by atoms with Gasteiger partial charge in [-0.15, -0.1) is 0 Å². The van der Waals surface area contributed by atoms with Crippen molar-refractivity contribution >= 4 is 0 Å². The van der Waals surface area contributed by atoms with Crippen LogP contribution in [0.5, 0.6) is 5.75 Å². The van der Waals surface area contributed by atoms with Gasteiger partial charge >= 0.3 is 0 Å². The van der Waals surface area contributed by atoms with Crippen LogP contribution in [-0.2, 0) is 11.3 Å². The van der Waals surface area contributed by atoms with Crippen LogP contribution in [0.15, 0.2) is 24.3 Å². The first kappa shape index (κ1) is 12.9. The molecule has 1 aromatic carbocycles. The van der Waals surface area contributed by atoms with E-state index >= 15 is 0 Å². The predicted molar refractivity (Wildman–Crippen MR) is 75.1 cm³/mol. The minimum Gasteiger partial charge on any atom is -0.490 e. The summed E-state index contributed by atoms with van der Waals surface area (Å²) in [6.45, 7) is 1.40. The predicted octanol–water partition coefficient (Wildman–Crippen LogP) is 3.02. The third kappa shape index (κ3) is 2.93. The summed E-state index contributed by atoms with van der Waals surface area (Å²) in [5.74, 6) is 0.947. The van der Waals surface area contributed by atoms with Gasteiger partial charge in [-0.25, -0.2) is 0 Å². The summed E-state index contributed by atoms with van der Waals surface area (Å²) in [5.41, 5.74) is 6.92. The van der Waals surface area contributed by atoms with Gasteiger partial charge in [-0.2, -0.15) is 0 Å². The summed E-state index contributed by atoms with van der Waals surface area (Å²) in [6, 6.07) is 8.13. The zero-order valence-corrected chi connectivity index (χ0v) is 11.4. The van der Waals surface area contributed by atoms with Gasteiger partial charge in [0.25, 0.3) is 0 Å². The van der Waals surface area contributed by atoms with Crippen LogP contribution >= 0.6 is 0 Å². The number of ether oxygens (including phenoxy) is 2. The average molecular weight is 261 g/mol. The number of hydrogen-bond donors (Lipinski definition) is 1. The molecule has 2 fully saturated rings. The number of hydrogen-bond acceptors (Lipinski definition) is 3. The second kappa shape index (κ2) is 5.51. The van der Waals surface area contributed by atoms with Gasteiger partial charge in [0.2, 0.25) is 0 Å². The summed E-state index contributed by atoms with van der Waals surface area (Å²) in [7, 11) is 0. The van der Waals surface area contributed by atoms with Crippen LogP contribution in [-0.4, -0.2) is 18.3 Å². The van der Waals surface area contributed by atoms with Crippen molar-refractivity contribution < 1.29 is 9.47 Å². The highest BCUT2D eigenvalue weighted by atomic mass is 16.5. The summed E-state index contributed by atoms with van der Waals surface area (Å²) in [5, 5.41) is 0. The molecule has 0 amide bonds. The molecule has 1 aliphatic carbocycles. The second-order valence-electron chi connectivity index (χ2n) is 5.82. The molecule has 1 unspecified atom stereocenters. The van der Waals surface area contributed by atoms with Crippen molar-refractivity contribution in [2.75, 3.05) is 6.61 Å². The minimum absolute atomic E-state index is 0.119. The van der Waals surface area contributed by atoms with E-state index in [1.807, 2.05) is 18.2 Å². The van der Waals surface area contributed by atoms with E-state index in [4.69, 9.17) is 15.2 Å². The number of benzene rings is 1. The normalized spacial score (nSPS) is 25.6. The van der Waals surface area contributed by atoms with Gasteiger partial charge in [0, 0.05) is 19.4 Å². The van der Waals surface area contributed by atoms with E-state index in [1.54, 1.807) is 0 Å². The Labute approximate surface area is 115 Å². The Hall–Kier alpha value is -1.06. The molecule has 19 heavy (non-hydrogen) atoms. The maximum Gasteiger partial charge on any atom is 0.120 e. The average Bonchev–Trinajstić information content (AvgIpc) is 2.87. The summed E-state index contributed by atoms with van der Waals surface area (Å²) in [4.78, 5) is 0. The molecule has 2 N–H and O–H groups in total. The van der Waals surface area contributed by atoms with Gasteiger partial charge in [-0.1, -0.05) is 25.0 Å². The van der Waals surface area contributed by atoms with Crippen molar-refractivity contribution in [3.05, 3.63) is 29.8 Å². The fourth-order valence-electron chi connectivity index (χ4n) is 3.39. The van der Waals surface area contributed by atoms with Crippen LogP contribution in [0.25, 0.3) is 0 Å². The molecule has 104 valence electrons. The molecule has 3 rings (SSSR count). The van der Waals surface area contributed by atoms with Crippen molar-refractivity contribution in [1.82, 2.24) is 0 Å². The Morgan fingerprint density at radius 3 is 2.95 bits per heavy atom. The summed E-state index contributed by atoms with van der Waals surface area (Å²) >= 11 is 0. The van der Waals surface area contributed by atoms with E-state index in [0.29, 0.717) is 12.6 Å². The zero-order chi connectivity index (χ0) is 13.1. The largest absolute Gasteiger partial charge is 0.490 e. The van der Waals surface area contributed by atoms with E-state index < -0.39 is 0 Å². The Bertz CT molecular complexity index is 427. The second-order valence-corrected chi connectivity index (χ2v) is 5.82. The minimum atomic E-state index is 0.119. The molecule has 2 aliphatic rings. The zero-order valence-electron chi connectivity index (χ0n) is 11.4. The fourth-order valence-corrected chi connectivity index (χ4v) is 3.39. The van der Waals surface area contributed by atoms with Crippen LogP contribution in [0.3, 0.4) is 0 Å². The number of rotatable bonds is 3. The van der Waals surface area contributed by atoms with E-state index in [9.17, 15) is 0 Å². The van der Waals surface area contributed by atoms with Crippen LogP contribution in [0.1, 0.15) is 44.1 Å². The van der Waals surface area contributed by atoms with Crippen molar-refractivity contribution in [2.24, 2.45) is 5.73 Å². The highest BCUT2D eigenvalue weighted by Gasteiger charge is 2.40. The molecule has 1 aliphatic heterocycles. The molecule has 1 spiro atoms. The van der Waals surface area contributed by atoms with Crippen LogP contribution < -0.4 is 10.5 Å². The maximum atomic E-state index is 6.15. The lowest BCUT2D eigenvalue weighted by molar-refractivity contribution is -0.108. The van der Waals surface area contributed by atoms with Crippen molar-refractivity contribution in [1.29, 1.82) is 0 Å². The molecule has 1 saturated carbocycles. The maximum absolute atomic E-state index is 6.15. The van der Waals surface area contributed by atoms with Gasteiger partial charge in [0.1, 0.15) is 11.9 Å². The lowest BCUT2D eigenvalue weighted by Crippen LogP contribution is -2.41. The molecule has 3 nitrogen and oxygen atoms in total. The van der Waals surface area contributed by atoms with E-state index in [2.05, 4.69) is 6.07 Å². The Morgan fingerprint density at radius 2 is 2.16 bits per heavy atom. The van der Waals surface area contributed by atoms with Crippen molar-refractivity contribution in [3.63, 3.8) is 0 Å². The first-order valence-corrected chi connectivity index (χ1v) is 7.39. The first-order chi connectivity index (χ1) is 9.30. The molecule has 1 aromatic rings. The third-order valence-electron chi connectivity index (χ3n) is 4.40. The molecule has 0 radical (unpaired) electrons. The van der Waals surface area contributed by atoms with E-state index in [1.165, 1.54) is 25.7 Å². The van der Waals surface area contributed by atoms with Crippen LogP contribution in [0.2, 0.25) is 0 Å². The van der Waals surface area contributed by atoms with Crippen molar-refractivity contribution in [3.8, 4) is 5.75 Å². The van der Waals surface area contributed by atoms with E-state index in [0.717, 1.165) is 30.8 Å². The summed E-state index contributed by atoms with van der Waals surface area (Å²) in [6.07, 6.45) is 7.34. The highest BCUT2D eigenvalue weighted by molar-refractivity contribution is 5.28. The van der Waals surface area contributed by atoms with Gasteiger partial charge in [-0.05, 0) is 30.5 Å². The molecular formula is C16H23NO2. The van der Waals surface area contributed by atoms with Gasteiger partial charge < -0.3 is 15.2 Å². The van der Waals surface area contributed by atoms with Crippen molar-refractivity contribution in [2.45, 2.75) is 56.8 Å². The molecule has 1 atom stereocenters. The number of nitrogens with two attached hydrogens (primary N) is 1. The Balaban J connectivity index is 1.65. The molecule has 1 saturated heterocycles. The fraction of sp³-hybridized carbons (Fsp3) is 0.625. The third-order valence-corrected chi connectivity index (χ3v) is 4.40. The molecule has 1 heterocycles. The monoisotopic (exact) mass is 261 g/mol. The smallest absolute Gasteiger partial charge is 0.120 e. The Kier molecular flexibility index (Phi) is 3.76. The topological polar surface area (TPSA) is 44.5 Å². The van der Waals surface area contributed by atoms with Gasteiger partial charge in [0.15, 0.2) is 0 Å². The highest BCUT2D eigenvalue weighted by Crippen LogP contribution is 2.40. The first-order valence-electron chi connectivity index (χ1n) is 7.39. The van der Waals surface area contributed by atoms with Crippen LogP contribution in [0, 0.1) is 0 Å². The van der Waals surface area contributed by atoms with Crippen LogP contribution in [0.4, 0.5) is 0 Å². The van der Waals surface area contributed by atoms with Gasteiger partial charge in [-0.3, -0.25) is 0 Å². The lowest BCUT2D eigenvalue weighted by Gasteiger charge is -2.38. The van der Waals surface area contributed by atoms with Gasteiger partial charge in [0.05, 0.1) is 12.2 Å². The lowest BCUT2D eigenvalue weighted by atomic mass is 9.90. The SMILES string of the molecule is NCc1cccc(OC2CCOC3(CCCC3)C2)c1. The standard InChI is InChI=1S/C16H23NO2/c17-12-13-4-3-5-14(10-13)19-15-6-9-18-16(11-15)7-1-2-8-16/h3-5,10,15H,1-2,6-9,11-12,17H2. The molecule has 0 aromatic heterocycles. The molecule has 0 bridgehead atoms. The molecular weight excluding hydrogens is 238 g/mol. The quantitative estimate of drug-likeness (QED) is 0.909. The summed E-state index contributed by atoms with van der Waals surface area (Å²) < 4.78 is 12.2. The Morgan fingerprint density at radius 1 is 1.32 bits per heavy atom.